The van der Waals surface area contributed by atoms with Crippen LogP contribution < -0.4 is 9.64 Å². The van der Waals surface area contributed by atoms with E-state index >= 15 is 0 Å². The second-order valence-electron chi connectivity index (χ2n) is 6.53. The highest BCUT2D eigenvalue weighted by molar-refractivity contribution is 6.32. The zero-order valence-corrected chi connectivity index (χ0v) is 16.3. The maximum atomic E-state index is 13.2. The van der Waals surface area contributed by atoms with Crippen molar-refractivity contribution in [1.29, 1.82) is 5.26 Å². The Kier molecular flexibility index (Phi) is 6.05. The number of non-ortho nitro benzene ring substituents is 1. The van der Waals surface area contributed by atoms with Gasteiger partial charge in [-0.3, -0.25) is 10.1 Å². The number of hydrogen-bond acceptors (Lipinski definition) is 6. The summed E-state index contributed by atoms with van der Waals surface area (Å²) in [6, 6.07) is 8.82. The van der Waals surface area contributed by atoms with Gasteiger partial charge in [-0.2, -0.15) is 18.4 Å². The molecule has 0 aromatic heterocycles. The zero-order chi connectivity index (χ0) is 22.1. The summed E-state index contributed by atoms with van der Waals surface area (Å²) < 4.78 is 51.0. The van der Waals surface area contributed by atoms with Crippen LogP contribution in [-0.4, -0.2) is 30.4 Å². The van der Waals surface area contributed by atoms with E-state index in [9.17, 15) is 23.3 Å². The molecule has 1 heterocycles. The minimum Gasteiger partial charge on any atom is -0.489 e. The van der Waals surface area contributed by atoms with Gasteiger partial charge in [0, 0.05) is 17.8 Å². The number of ether oxygens (including phenoxy) is 2. The molecule has 0 spiro atoms. The fraction of sp³-hybridized carbons (Fsp3) is 0.316. The quantitative estimate of drug-likeness (QED) is 0.490. The SMILES string of the molecule is C[C@H]1O[C@H](COc2ccc([N+](=O)[O-])cc2Cl)CN1c1ccc(C#N)c(C(F)(F)F)c1. The normalized spacial score (nSPS) is 18.9. The third-order valence-electron chi connectivity index (χ3n) is 4.54. The van der Waals surface area contributed by atoms with E-state index in [1.54, 1.807) is 17.9 Å². The second-order valence-corrected chi connectivity index (χ2v) is 6.94. The molecule has 158 valence electrons. The Hall–Kier alpha value is -3.03. The van der Waals surface area contributed by atoms with Crippen LogP contribution in [-0.2, 0) is 10.9 Å². The van der Waals surface area contributed by atoms with Gasteiger partial charge in [0.25, 0.3) is 5.69 Å². The highest BCUT2D eigenvalue weighted by atomic mass is 35.5. The number of rotatable bonds is 5. The van der Waals surface area contributed by atoms with E-state index < -0.39 is 34.6 Å². The van der Waals surface area contributed by atoms with Gasteiger partial charge in [-0.15, -0.1) is 0 Å². The van der Waals surface area contributed by atoms with E-state index in [1.165, 1.54) is 18.2 Å². The molecule has 7 nitrogen and oxygen atoms in total. The number of nitriles is 1. The molecule has 0 aliphatic carbocycles. The number of nitrogens with zero attached hydrogens (tertiary/aromatic N) is 3. The highest BCUT2D eigenvalue weighted by Crippen LogP contribution is 2.36. The van der Waals surface area contributed by atoms with Crippen molar-refractivity contribution >= 4 is 23.0 Å². The third kappa shape index (κ3) is 4.58. The van der Waals surface area contributed by atoms with E-state index in [4.69, 9.17) is 26.3 Å². The lowest BCUT2D eigenvalue weighted by atomic mass is 10.1. The standard InChI is InChI=1S/C19H15ClF3N3O4/c1-11-25(13-3-2-12(8-24)16(6-13)19(21,22)23)9-15(30-11)10-29-18-5-4-14(26(27)28)7-17(18)20/h2-7,11,15H,9-10H2,1H3/t11-,15+/m1/s1. The second kappa shape index (κ2) is 8.38. The molecule has 11 heteroatoms. The van der Waals surface area contributed by atoms with E-state index in [1.807, 2.05) is 0 Å². The summed E-state index contributed by atoms with van der Waals surface area (Å²) in [6.07, 6.45) is -5.66. The number of nitro benzene ring substituents is 1. The van der Waals surface area contributed by atoms with E-state index in [0.29, 0.717) is 0 Å². The molecular weight excluding hydrogens is 427 g/mol. The number of hydrogen-bond donors (Lipinski definition) is 0. The monoisotopic (exact) mass is 441 g/mol. The van der Waals surface area contributed by atoms with Crippen molar-refractivity contribution in [2.75, 3.05) is 18.1 Å². The van der Waals surface area contributed by atoms with Crippen molar-refractivity contribution in [2.45, 2.75) is 25.4 Å². The highest BCUT2D eigenvalue weighted by Gasteiger charge is 2.36. The predicted molar refractivity (Wildman–Crippen MR) is 101 cm³/mol. The first-order chi connectivity index (χ1) is 14.1. The zero-order valence-electron chi connectivity index (χ0n) is 15.5. The molecule has 0 unspecified atom stereocenters. The average molecular weight is 442 g/mol. The Labute approximate surface area is 174 Å². The van der Waals surface area contributed by atoms with Crippen LogP contribution in [0.1, 0.15) is 18.1 Å². The summed E-state index contributed by atoms with van der Waals surface area (Å²) in [4.78, 5) is 11.8. The number of anilines is 1. The molecule has 1 aliphatic rings. The van der Waals surface area contributed by atoms with Gasteiger partial charge in [0.2, 0.25) is 0 Å². The molecule has 0 saturated carbocycles. The average Bonchev–Trinajstić information content (AvgIpc) is 3.06. The molecule has 0 N–H and O–H groups in total. The smallest absolute Gasteiger partial charge is 0.417 e. The third-order valence-corrected chi connectivity index (χ3v) is 4.84. The Morgan fingerprint density at radius 3 is 2.70 bits per heavy atom. The largest absolute Gasteiger partial charge is 0.489 e. The first-order valence-corrected chi connectivity index (χ1v) is 9.08. The minimum atomic E-state index is -4.65. The molecule has 2 aromatic carbocycles. The summed E-state index contributed by atoms with van der Waals surface area (Å²) in [5, 5.41) is 19.7. The lowest BCUT2D eigenvalue weighted by molar-refractivity contribution is -0.384. The van der Waals surface area contributed by atoms with Crippen LogP contribution >= 0.6 is 11.6 Å². The van der Waals surface area contributed by atoms with Crippen molar-refractivity contribution < 1.29 is 27.6 Å². The van der Waals surface area contributed by atoms with Crippen molar-refractivity contribution in [3.63, 3.8) is 0 Å². The van der Waals surface area contributed by atoms with E-state index in [2.05, 4.69) is 0 Å². The van der Waals surface area contributed by atoms with Crippen LogP contribution in [0, 0.1) is 21.4 Å². The van der Waals surface area contributed by atoms with Gasteiger partial charge < -0.3 is 14.4 Å². The molecule has 2 aromatic rings. The lowest BCUT2D eigenvalue weighted by Gasteiger charge is -2.23. The Morgan fingerprint density at radius 2 is 2.10 bits per heavy atom. The lowest BCUT2D eigenvalue weighted by Crippen LogP contribution is -2.29. The number of halogens is 4. The first-order valence-electron chi connectivity index (χ1n) is 8.70. The summed E-state index contributed by atoms with van der Waals surface area (Å²) in [6.45, 7) is 1.97. The summed E-state index contributed by atoms with van der Waals surface area (Å²) in [5.41, 5.74) is -1.37. The van der Waals surface area contributed by atoms with Crippen molar-refractivity contribution in [3.05, 3.63) is 62.7 Å². The Balaban J connectivity index is 1.71. The van der Waals surface area contributed by atoms with Crippen LogP contribution in [0.2, 0.25) is 5.02 Å². The van der Waals surface area contributed by atoms with Crippen LogP contribution in [0.5, 0.6) is 5.75 Å². The summed E-state index contributed by atoms with van der Waals surface area (Å²) >= 11 is 5.99. The maximum absolute atomic E-state index is 13.2. The first kappa shape index (κ1) is 21.7. The van der Waals surface area contributed by atoms with Crippen molar-refractivity contribution in [3.8, 4) is 11.8 Å². The van der Waals surface area contributed by atoms with Crippen LogP contribution in [0.4, 0.5) is 24.5 Å². The van der Waals surface area contributed by atoms with Gasteiger partial charge in [-0.25, -0.2) is 0 Å². The van der Waals surface area contributed by atoms with Crippen LogP contribution in [0.25, 0.3) is 0 Å². The topological polar surface area (TPSA) is 88.6 Å². The molecule has 30 heavy (non-hydrogen) atoms. The molecule has 1 fully saturated rings. The fourth-order valence-corrected chi connectivity index (χ4v) is 3.35. The number of nitro groups is 1. The van der Waals surface area contributed by atoms with Gasteiger partial charge in [0.05, 0.1) is 33.7 Å². The Morgan fingerprint density at radius 1 is 1.37 bits per heavy atom. The fourth-order valence-electron chi connectivity index (χ4n) is 3.12. The molecule has 2 atom stereocenters. The van der Waals surface area contributed by atoms with Crippen LogP contribution in [0.3, 0.4) is 0 Å². The van der Waals surface area contributed by atoms with Gasteiger partial charge in [-0.05, 0) is 31.2 Å². The van der Waals surface area contributed by atoms with Crippen LogP contribution in [0.15, 0.2) is 36.4 Å². The summed E-state index contributed by atoms with van der Waals surface area (Å²) in [7, 11) is 0. The van der Waals surface area contributed by atoms with E-state index in [-0.39, 0.29) is 35.3 Å². The number of benzene rings is 2. The van der Waals surface area contributed by atoms with Crippen molar-refractivity contribution in [1.82, 2.24) is 0 Å². The molecule has 0 radical (unpaired) electrons. The van der Waals surface area contributed by atoms with Gasteiger partial charge >= 0.3 is 6.18 Å². The molecule has 3 rings (SSSR count). The van der Waals surface area contributed by atoms with Crippen molar-refractivity contribution in [2.24, 2.45) is 0 Å². The van der Waals surface area contributed by atoms with Gasteiger partial charge in [0.15, 0.2) is 0 Å². The molecule has 1 saturated heterocycles. The summed E-state index contributed by atoms with van der Waals surface area (Å²) in [5.74, 6) is 0.231. The van der Waals surface area contributed by atoms with Gasteiger partial charge in [0.1, 0.15) is 24.7 Å². The number of alkyl halides is 3. The minimum absolute atomic E-state index is 0.0424. The molecular formula is C19H15ClF3N3O4. The van der Waals surface area contributed by atoms with Gasteiger partial charge in [-0.1, -0.05) is 11.6 Å². The molecule has 1 aliphatic heterocycles. The Bertz CT molecular complexity index is 1010. The molecule has 0 bridgehead atoms. The predicted octanol–water partition coefficient (Wildman–Crippen LogP) is 4.77. The molecule has 0 amide bonds. The van der Waals surface area contributed by atoms with E-state index in [0.717, 1.165) is 18.2 Å². The maximum Gasteiger partial charge on any atom is 0.417 e.